The molecular weight excluding hydrogens is 434 g/mol. The van der Waals surface area contributed by atoms with Crippen molar-refractivity contribution in [2.24, 2.45) is 0 Å². The molecule has 4 rings (SSSR count). The van der Waals surface area contributed by atoms with Crippen molar-refractivity contribution in [1.29, 1.82) is 0 Å². The maximum absolute atomic E-state index is 12.7. The van der Waals surface area contributed by atoms with Gasteiger partial charge in [-0.1, -0.05) is 6.07 Å². The van der Waals surface area contributed by atoms with Gasteiger partial charge in [-0.25, -0.2) is 0 Å². The van der Waals surface area contributed by atoms with E-state index in [9.17, 15) is 9.59 Å². The van der Waals surface area contributed by atoms with Crippen molar-refractivity contribution in [1.82, 2.24) is 14.8 Å². The van der Waals surface area contributed by atoms with Crippen LogP contribution in [0.5, 0.6) is 17.2 Å². The monoisotopic (exact) mass is 463 g/mol. The summed E-state index contributed by atoms with van der Waals surface area (Å²) in [6.07, 6.45) is 6.04. The number of carbonyl (C=O) groups excluding carboxylic acids is 2. The first-order valence-corrected chi connectivity index (χ1v) is 11.1. The lowest BCUT2D eigenvalue weighted by molar-refractivity contribution is -0.128. The molecule has 178 valence electrons. The van der Waals surface area contributed by atoms with Crippen LogP contribution in [0.1, 0.15) is 17.5 Å². The Labute approximate surface area is 198 Å². The van der Waals surface area contributed by atoms with Crippen LogP contribution in [0.15, 0.2) is 48.8 Å². The highest BCUT2D eigenvalue weighted by molar-refractivity contribution is 5.87. The average molecular weight is 464 g/mol. The van der Waals surface area contributed by atoms with Crippen LogP contribution < -0.4 is 19.5 Å². The molecule has 0 saturated heterocycles. The summed E-state index contributed by atoms with van der Waals surface area (Å²) >= 11 is 0. The van der Waals surface area contributed by atoms with E-state index in [-0.39, 0.29) is 24.7 Å². The molecule has 8 nitrogen and oxygen atoms in total. The number of hydrogen-bond donors (Lipinski definition) is 1. The fourth-order valence-corrected chi connectivity index (χ4v) is 4.16. The molecule has 1 N–H and O–H groups in total. The summed E-state index contributed by atoms with van der Waals surface area (Å²) in [4.78, 5) is 26.8. The molecule has 0 saturated carbocycles. The van der Waals surface area contributed by atoms with E-state index < -0.39 is 0 Å². The molecule has 2 amide bonds. The lowest BCUT2D eigenvalue weighted by Gasteiger charge is -2.17. The molecular formula is C26H29N3O5. The van der Waals surface area contributed by atoms with Crippen LogP contribution in [-0.2, 0) is 22.6 Å². The molecule has 0 radical (unpaired) electrons. The summed E-state index contributed by atoms with van der Waals surface area (Å²) in [5.74, 6) is 1.86. The number of hydrogen-bond acceptors (Lipinski definition) is 5. The highest BCUT2D eigenvalue weighted by atomic mass is 16.5. The minimum absolute atomic E-state index is 0.0669. The number of carbonyl (C=O) groups is 2. The second kappa shape index (κ2) is 10.3. The number of rotatable bonds is 9. The smallest absolute Gasteiger partial charge is 0.230 e. The van der Waals surface area contributed by atoms with Crippen molar-refractivity contribution in [3.63, 3.8) is 0 Å². The van der Waals surface area contributed by atoms with Crippen LogP contribution in [0.3, 0.4) is 0 Å². The van der Waals surface area contributed by atoms with E-state index in [0.717, 1.165) is 27.8 Å². The van der Waals surface area contributed by atoms with Gasteiger partial charge < -0.3 is 29.0 Å². The van der Waals surface area contributed by atoms with Crippen LogP contribution in [0.25, 0.3) is 17.0 Å². The Morgan fingerprint density at radius 3 is 2.53 bits per heavy atom. The largest absolute Gasteiger partial charge is 0.496 e. The molecule has 0 bridgehead atoms. The van der Waals surface area contributed by atoms with Gasteiger partial charge in [-0.3, -0.25) is 9.59 Å². The first kappa shape index (κ1) is 23.2. The number of ether oxygens (including phenoxy) is 3. The van der Waals surface area contributed by atoms with Crippen molar-refractivity contribution in [3.8, 4) is 17.2 Å². The second-order valence-corrected chi connectivity index (χ2v) is 7.99. The number of amides is 2. The summed E-state index contributed by atoms with van der Waals surface area (Å²) in [5.41, 5.74) is 2.82. The first-order chi connectivity index (χ1) is 16.5. The Hall–Kier alpha value is -3.94. The van der Waals surface area contributed by atoms with Crippen LogP contribution >= 0.6 is 0 Å². The maximum atomic E-state index is 12.7. The van der Waals surface area contributed by atoms with E-state index in [1.807, 2.05) is 48.7 Å². The zero-order valence-electron chi connectivity index (χ0n) is 19.7. The van der Waals surface area contributed by atoms with E-state index in [1.54, 1.807) is 32.4 Å². The van der Waals surface area contributed by atoms with Gasteiger partial charge in [0.25, 0.3) is 0 Å². The summed E-state index contributed by atoms with van der Waals surface area (Å²) in [5, 5.41) is 3.99. The molecule has 8 heteroatoms. The van der Waals surface area contributed by atoms with E-state index >= 15 is 0 Å². The van der Waals surface area contributed by atoms with Crippen molar-refractivity contribution < 1.29 is 23.8 Å². The third-order valence-electron chi connectivity index (χ3n) is 5.99. The average Bonchev–Trinajstić information content (AvgIpc) is 3.20. The van der Waals surface area contributed by atoms with E-state index in [2.05, 4.69) is 9.88 Å². The summed E-state index contributed by atoms with van der Waals surface area (Å²) in [6.45, 7) is 1.45. The van der Waals surface area contributed by atoms with Crippen molar-refractivity contribution in [2.45, 2.75) is 19.4 Å². The molecule has 0 spiro atoms. The van der Waals surface area contributed by atoms with Crippen molar-refractivity contribution in [2.75, 3.05) is 34.4 Å². The zero-order valence-corrected chi connectivity index (χ0v) is 19.7. The van der Waals surface area contributed by atoms with Crippen molar-refractivity contribution >= 4 is 28.8 Å². The molecule has 0 aliphatic carbocycles. The number of methoxy groups -OCH3 is 3. The number of nitrogens with zero attached hydrogens (tertiary/aromatic N) is 2. The van der Waals surface area contributed by atoms with Gasteiger partial charge in [0.2, 0.25) is 11.8 Å². The predicted octanol–water partition coefficient (Wildman–Crippen LogP) is 3.23. The molecule has 1 aromatic heterocycles. The minimum Gasteiger partial charge on any atom is -0.496 e. The molecule has 3 aromatic rings. The molecule has 0 atom stereocenters. The maximum Gasteiger partial charge on any atom is 0.230 e. The number of nitrogens with one attached hydrogen (secondary N) is 1. The van der Waals surface area contributed by atoms with Crippen LogP contribution in [-0.4, -0.2) is 55.7 Å². The van der Waals surface area contributed by atoms with Gasteiger partial charge in [0, 0.05) is 43.8 Å². The third-order valence-corrected chi connectivity index (χ3v) is 5.99. The van der Waals surface area contributed by atoms with Gasteiger partial charge >= 0.3 is 0 Å². The topological polar surface area (TPSA) is 82.0 Å². The summed E-state index contributed by atoms with van der Waals surface area (Å²) in [7, 11) is 4.80. The van der Waals surface area contributed by atoms with Crippen LogP contribution in [0.4, 0.5) is 0 Å². The summed E-state index contributed by atoms with van der Waals surface area (Å²) in [6, 6.07) is 11.6. The lowest BCUT2D eigenvalue weighted by Crippen LogP contribution is -2.33. The Kier molecular flexibility index (Phi) is 7.06. The molecule has 1 aliphatic heterocycles. The zero-order chi connectivity index (χ0) is 24.1. The SMILES string of the molecule is COc1cc2c(cc1OC)CC(=O)N(CCC(=O)NCCn1ccc3c(OC)cccc31)C=C2. The van der Waals surface area contributed by atoms with E-state index in [1.165, 1.54) is 0 Å². The normalized spacial score (nSPS) is 12.9. The Morgan fingerprint density at radius 1 is 1.00 bits per heavy atom. The number of fused-ring (bicyclic) bond motifs is 2. The Balaban J connectivity index is 1.30. The van der Waals surface area contributed by atoms with Crippen LogP contribution in [0.2, 0.25) is 0 Å². The van der Waals surface area contributed by atoms with Gasteiger partial charge in [-0.15, -0.1) is 0 Å². The fourth-order valence-electron chi connectivity index (χ4n) is 4.16. The predicted molar refractivity (Wildman–Crippen MR) is 130 cm³/mol. The highest BCUT2D eigenvalue weighted by Crippen LogP contribution is 2.32. The molecule has 2 aromatic carbocycles. The fraction of sp³-hybridized carbons (Fsp3) is 0.308. The standard InChI is InChI=1S/C26H29N3O5/c1-32-22-6-4-5-21-20(22)8-12-28(21)14-10-27-25(30)9-13-29-11-7-18-15-23(33-2)24(34-3)16-19(18)17-26(29)31/h4-8,11-12,15-16H,9-10,13-14,17H2,1-3H3,(H,27,30). The van der Waals surface area contributed by atoms with Gasteiger partial charge in [0.1, 0.15) is 5.75 Å². The molecule has 0 unspecified atom stereocenters. The Bertz CT molecular complexity index is 1230. The second-order valence-electron chi connectivity index (χ2n) is 7.99. The lowest BCUT2D eigenvalue weighted by atomic mass is 10.0. The van der Waals surface area contributed by atoms with Gasteiger partial charge in [0.05, 0.1) is 33.3 Å². The third kappa shape index (κ3) is 4.85. The quantitative estimate of drug-likeness (QED) is 0.527. The van der Waals surface area contributed by atoms with Gasteiger partial charge in [-0.2, -0.15) is 0 Å². The Morgan fingerprint density at radius 2 is 1.76 bits per heavy atom. The van der Waals surface area contributed by atoms with E-state index in [0.29, 0.717) is 31.1 Å². The van der Waals surface area contributed by atoms with E-state index in [4.69, 9.17) is 14.2 Å². The highest BCUT2D eigenvalue weighted by Gasteiger charge is 2.20. The molecule has 0 fully saturated rings. The summed E-state index contributed by atoms with van der Waals surface area (Å²) < 4.78 is 18.2. The van der Waals surface area contributed by atoms with Gasteiger partial charge in [-0.05, 0) is 47.5 Å². The minimum atomic E-state index is -0.0969. The molecule has 1 aliphatic rings. The number of benzene rings is 2. The molecule has 2 heterocycles. The first-order valence-electron chi connectivity index (χ1n) is 11.1. The molecule has 34 heavy (non-hydrogen) atoms. The number of aromatic nitrogens is 1. The van der Waals surface area contributed by atoms with Crippen LogP contribution in [0, 0.1) is 0 Å². The van der Waals surface area contributed by atoms with Gasteiger partial charge in [0.15, 0.2) is 11.5 Å². The van der Waals surface area contributed by atoms with Crippen molar-refractivity contribution in [3.05, 3.63) is 59.9 Å².